The molecule has 158 valence electrons. The molecule has 5 heteroatoms. The van der Waals surface area contributed by atoms with E-state index in [1.54, 1.807) is 12.1 Å². The number of anilines is 2. The van der Waals surface area contributed by atoms with Crippen molar-refractivity contribution in [3.63, 3.8) is 0 Å². The maximum Gasteiger partial charge on any atom is 0.256 e. The van der Waals surface area contributed by atoms with E-state index < -0.39 is 0 Å². The lowest BCUT2D eigenvalue weighted by molar-refractivity contribution is 0.0685. The summed E-state index contributed by atoms with van der Waals surface area (Å²) in [6, 6.07) is 21.0. The number of fused-ring (bicyclic) bond motifs is 1. The topological polar surface area (TPSA) is 61.4 Å². The van der Waals surface area contributed by atoms with E-state index in [1.165, 1.54) is 5.56 Å². The molecule has 1 aliphatic heterocycles. The summed E-state index contributed by atoms with van der Waals surface area (Å²) in [7, 11) is 0. The van der Waals surface area contributed by atoms with E-state index in [9.17, 15) is 9.59 Å². The minimum absolute atomic E-state index is 0.0347. The van der Waals surface area contributed by atoms with E-state index in [0.717, 1.165) is 28.1 Å². The quantitative estimate of drug-likeness (QED) is 0.578. The third kappa shape index (κ3) is 4.04. The largest absolute Gasteiger partial charge is 0.361 e. The minimum atomic E-state index is -0.237. The standard InChI is InChI=1S/C26H27N3O2/c1-16(2)29-24(22-7-5-6-8-23(22)26(29)31)27-20-13-10-19(11-14-20)25(30)28-21-12-9-17(3)18(4)15-21/h5-16,24,27H,1-4H3,(H,28,30). The number of carbonyl (C=O) groups is 2. The Hall–Kier alpha value is -3.60. The normalized spacial score (nSPS) is 15.2. The summed E-state index contributed by atoms with van der Waals surface area (Å²) in [6.07, 6.45) is -0.237. The third-order valence-electron chi connectivity index (χ3n) is 5.77. The SMILES string of the molecule is Cc1ccc(NC(=O)c2ccc(NC3c4ccccc4C(=O)N3C(C)C)cc2)cc1C. The number of hydrogen-bond acceptors (Lipinski definition) is 3. The predicted octanol–water partition coefficient (Wildman–Crippen LogP) is 5.53. The van der Waals surface area contributed by atoms with Crippen LogP contribution in [0, 0.1) is 13.8 Å². The molecule has 0 aliphatic carbocycles. The fourth-order valence-electron chi connectivity index (χ4n) is 3.91. The van der Waals surface area contributed by atoms with Gasteiger partial charge in [-0.2, -0.15) is 0 Å². The van der Waals surface area contributed by atoms with Crippen LogP contribution in [0.2, 0.25) is 0 Å². The lowest BCUT2D eigenvalue weighted by Crippen LogP contribution is -2.37. The number of hydrogen-bond donors (Lipinski definition) is 2. The Bertz CT molecular complexity index is 1140. The molecule has 1 unspecified atom stereocenters. The molecule has 0 spiro atoms. The molecule has 0 aromatic heterocycles. The van der Waals surface area contributed by atoms with E-state index in [4.69, 9.17) is 0 Å². The van der Waals surface area contributed by atoms with Gasteiger partial charge in [0.2, 0.25) is 0 Å². The van der Waals surface area contributed by atoms with Crippen LogP contribution < -0.4 is 10.6 Å². The number of nitrogens with zero attached hydrogens (tertiary/aromatic N) is 1. The third-order valence-corrected chi connectivity index (χ3v) is 5.77. The van der Waals surface area contributed by atoms with E-state index in [2.05, 4.69) is 10.6 Å². The maximum absolute atomic E-state index is 12.8. The van der Waals surface area contributed by atoms with E-state index in [0.29, 0.717) is 5.56 Å². The van der Waals surface area contributed by atoms with Crippen LogP contribution in [0.5, 0.6) is 0 Å². The zero-order valence-corrected chi connectivity index (χ0v) is 18.3. The first-order chi connectivity index (χ1) is 14.8. The summed E-state index contributed by atoms with van der Waals surface area (Å²) in [5.74, 6) is -0.118. The molecular weight excluding hydrogens is 386 g/mol. The Morgan fingerprint density at radius 3 is 2.26 bits per heavy atom. The van der Waals surface area contributed by atoms with E-state index >= 15 is 0 Å². The predicted molar refractivity (Wildman–Crippen MR) is 124 cm³/mol. The second-order valence-electron chi connectivity index (χ2n) is 8.27. The first-order valence-corrected chi connectivity index (χ1v) is 10.5. The molecule has 2 N–H and O–H groups in total. The van der Waals surface area contributed by atoms with Gasteiger partial charge in [0.05, 0.1) is 0 Å². The average Bonchev–Trinajstić information content (AvgIpc) is 3.03. The molecule has 5 nitrogen and oxygen atoms in total. The number of benzene rings is 3. The van der Waals surface area contributed by atoms with Crippen LogP contribution in [0.15, 0.2) is 66.7 Å². The van der Waals surface area contributed by atoms with Gasteiger partial charge in [0.15, 0.2) is 0 Å². The van der Waals surface area contributed by atoms with Crippen molar-refractivity contribution in [2.75, 3.05) is 10.6 Å². The highest BCUT2D eigenvalue weighted by molar-refractivity contribution is 6.04. The van der Waals surface area contributed by atoms with Crippen LogP contribution in [-0.4, -0.2) is 22.8 Å². The summed E-state index contributed by atoms with van der Waals surface area (Å²) in [5, 5.41) is 6.41. The van der Waals surface area contributed by atoms with Gasteiger partial charge in [0, 0.05) is 34.1 Å². The maximum atomic E-state index is 12.8. The second-order valence-corrected chi connectivity index (χ2v) is 8.27. The lowest BCUT2D eigenvalue weighted by atomic mass is 10.1. The monoisotopic (exact) mass is 413 g/mol. The van der Waals surface area contributed by atoms with Crippen molar-refractivity contribution in [3.05, 3.63) is 94.5 Å². The second kappa shape index (κ2) is 8.26. The fraction of sp³-hybridized carbons (Fsp3) is 0.231. The molecule has 0 bridgehead atoms. The van der Waals surface area contributed by atoms with Crippen LogP contribution in [0.1, 0.15) is 57.4 Å². The van der Waals surface area contributed by atoms with E-state index in [1.807, 2.05) is 87.2 Å². The van der Waals surface area contributed by atoms with Crippen molar-refractivity contribution in [1.82, 2.24) is 4.90 Å². The Kier molecular flexibility index (Phi) is 5.51. The van der Waals surface area contributed by atoms with E-state index in [-0.39, 0.29) is 24.0 Å². The molecule has 0 radical (unpaired) electrons. The summed E-state index contributed by atoms with van der Waals surface area (Å²) >= 11 is 0. The van der Waals surface area contributed by atoms with Gasteiger partial charge in [-0.1, -0.05) is 24.3 Å². The minimum Gasteiger partial charge on any atom is -0.361 e. The number of carbonyl (C=O) groups excluding carboxylic acids is 2. The van der Waals surface area contributed by atoms with Gasteiger partial charge in [-0.25, -0.2) is 0 Å². The average molecular weight is 414 g/mol. The van der Waals surface area contributed by atoms with Crippen LogP contribution >= 0.6 is 0 Å². The molecule has 31 heavy (non-hydrogen) atoms. The smallest absolute Gasteiger partial charge is 0.256 e. The van der Waals surface area contributed by atoms with Gasteiger partial charge >= 0.3 is 0 Å². The Morgan fingerprint density at radius 1 is 0.903 bits per heavy atom. The van der Waals surface area contributed by atoms with Gasteiger partial charge in [-0.15, -0.1) is 0 Å². The molecule has 0 saturated carbocycles. The first-order valence-electron chi connectivity index (χ1n) is 10.5. The Labute approximate surface area is 183 Å². The molecule has 1 aliphatic rings. The van der Waals surface area contributed by atoms with Crippen LogP contribution in [0.25, 0.3) is 0 Å². The van der Waals surface area contributed by atoms with Gasteiger partial charge in [-0.05, 0) is 81.3 Å². The zero-order valence-electron chi connectivity index (χ0n) is 18.3. The van der Waals surface area contributed by atoms with Gasteiger partial charge in [0.25, 0.3) is 11.8 Å². The van der Waals surface area contributed by atoms with Crippen molar-refractivity contribution in [2.24, 2.45) is 0 Å². The van der Waals surface area contributed by atoms with Crippen molar-refractivity contribution >= 4 is 23.2 Å². The van der Waals surface area contributed by atoms with Gasteiger partial charge in [0.1, 0.15) is 6.17 Å². The van der Waals surface area contributed by atoms with Crippen molar-refractivity contribution in [3.8, 4) is 0 Å². The van der Waals surface area contributed by atoms with Crippen molar-refractivity contribution in [1.29, 1.82) is 0 Å². The first kappa shape index (κ1) is 20.7. The Morgan fingerprint density at radius 2 is 1.58 bits per heavy atom. The molecule has 3 aromatic rings. The molecule has 4 rings (SSSR count). The lowest BCUT2D eigenvalue weighted by Gasteiger charge is -2.30. The van der Waals surface area contributed by atoms with Crippen molar-refractivity contribution < 1.29 is 9.59 Å². The van der Waals surface area contributed by atoms with Crippen LogP contribution in [0.4, 0.5) is 11.4 Å². The number of amides is 2. The number of nitrogens with one attached hydrogen (secondary N) is 2. The zero-order chi connectivity index (χ0) is 22.1. The highest BCUT2D eigenvalue weighted by atomic mass is 16.2. The number of aryl methyl sites for hydroxylation is 2. The molecule has 3 aromatic carbocycles. The van der Waals surface area contributed by atoms with Crippen molar-refractivity contribution in [2.45, 2.75) is 39.9 Å². The van der Waals surface area contributed by atoms with Gasteiger partial charge < -0.3 is 15.5 Å². The summed E-state index contributed by atoms with van der Waals surface area (Å²) in [5.41, 5.74) is 6.24. The Balaban J connectivity index is 1.51. The molecule has 1 heterocycles. The van der Waals surface area contributed by atoms with Gasteiger partial charge in [-0.3, -0.25) is 9.59 Å². The molecule has 2 amide bonds. The number of rotatable bonds is 5. The molecular formula is C26H27N3O2. The van der Waals surface area contributed by atoms with Crippen LogP contribution in [0.3, 0.4) is 0 Å². The van der Waals surface area contributed by atoms with Crippen LogP contribution in [-0.2, 0) is 0 Å². The summed E-state index contributed by atoms with van der Waals surface area (Å²) < 4.78 is 0. The molecule has 0 saturated heterocycles. The highest BCUT2D eigenvalue weighted by Crippen LogP contribution is 2.35. The summed E-state index contributed by atoms with van der Waals surface area (Å²) in [4.78, 5) is 27.3. The fourth-order valence-corrected chi connectivity index (χ4v) is 3.91. The molecule has 0 fully saturated rings. The summed E-state index contributed by atoms with van der Waals surface area (Å²) in [6.45, 7) is 8.10. The molecule has 1 atom stereocenters. The highest BCUT2D eigenvalue weighted by Gasteiger charge is 2.37.